The fourth-order valence-corrected chi connectivity index (χ4v) is 2.89. The molecule has 1 saturated carbocycles. The van der Waals surface area contributed by atoms with Gasteiger partial charge in [0.2, 0.25) is 18.6 Å². The van der Waals surface area contributed by atoms with Gasteiger partial charge in [-0.25, -0.2) is 4.39 Å². The second-order valence-corrected chi connectivity index (χ2v) is 6.38. The summed E-state index contributed by atoms with van der Waals surface area (Å²) in [6.45, 7) is 0.194. The Balaban J connectivity index is 1.40. The number of hydrogen-bond acceptors (Lipinski definition) is 4. The third-order valence-electron chi connectivity index (χ3n) is 4.65. The van der Waals surface area contributed by atoms with Crippen molar-refractivity contribution in [2.24, 2.45) is 5.41 Å². The van der Waals surface area contributed by atoms with Gasteiger partial charge in [-0.05, 0) is 31.0 Å². The Bertz CT molecular complexity index is 880. The number of benzene rings is 2. The molecule has 0 bridgehead atoms. The lowest BCUT2D eigenvalue weighted by Gasteiger charge is -2.16. The van der Waals surface area contributed by atoms with Crippen LogP contribution in [-0.4, -0.2) is 18.6 Å². The van der Waals surface area contributed by atoms with E-state index in [1.54, 1.807) is 36.4 Å². The van der Waals surface area contributed by atoms with Gasteiger partial charge < -0.3 is 20.1 Å². The zero-order valence-electron chi connectivity index (χ0n) is 13.9. The molecule has 2 aromatic rings. The van der Waals surface area contributed by atoms with Crippen molar-refractivity contribution in [3.63, 3.8) is 0 Å². The van der Waals surface area contributed by atoms with Gasteiger partial charge in [0.25, 0.3) is 0 Å². The van der Waals surface area contributed by atoms with Crippen LogP contribution >= 0.6 is 0 Å². The number of nitrogens with one attached hydrogen (secondary N) is 2. The monoisotopic (exact) mass is 356 g/mol. The molecule has 6 nitrogen and oxygen atoms in total. The van der Waals surface area contributed by atoms with Crippen LogP contribution in [0.15, 0.2) is 42.5 Å². The lowest BCUT2D eigenvalue weighted by Crippen LogP contribution is -2.39. The first-order valence-electron chi connectivity index (χ1n) is 8.31. The number of hydrogen-bond donors (Lipinski definition) is 2. The van der Waals surface area contributed by atoms with E-state index in [9.17, 15) is 14.0 Å². The molecule has 2 aliphatic rings. The molecule has 1 heterocycles. The third kappa shape index (κ3) is 2.96. The molecule has 0 aromatic heterocycles. The van der Waals surface area contributed by atoms with Crippen LogP contribution in [0.2, 0.25) is 0 Å². The fourth-order valence-electron chi connectivity index (χ4n) is 2.89. The van der Waals surface area contributed by atoms with E-state index in [0.29, 0.717) is 35.6 Å². The molecule has 0 unspecified atom stereocenters. The first-order chi connectivity index (χ1) is 12.6. The topological polar surface area (TPSA) is 76.7 Å². The lowest BCUT2D eigenvalue weighted by atomic mass is 10.0. The van der Waals surface area contributed by atoms with Gasteiger partial charge >= 0.3 is 0 Å². The molecular formula is C19H17FN2O4. The molecule has 0 saturated heterocycles. The smallest absolute Gasteiger partial charge is 0.240 e. The summed E-state index contributed by atoms with van der Waals surface area (Å²) in [7, 11) is 0. The highest BCUT2D eigenvalue weighted by Crippen LogP contribution is 2.47. The molecule has 0 radical (unpaired) electrons. The van der Waals surface area contributed by atoms with Crippen LogP contribution in [0.25, 0.3) is 0 Å². The van der Waals surface area contributed by atoms with E-state index >= 15 is 0 Å². The van der Waals surface area contributed by atoms with Crippen molar-refractivity contribution in [2.45, 2.75) is 19.4 Å². The van der Waals surface area contributed by atoms with Crippen LogP contribution in [0, 0.1) is 11.2 Å². The summed E-state index contributed by atoms with van der Waals surface area (Å²) in [4.78, 5) is 25.1. The van der Waals surface area contributed by atoms with Crippen molar-refractivity contribution in [2.75, 3.05) is 12.1 Å². The summed E-state index contributed by atoms with van der Waals surface area (Å²) < 4.78 is 24.2. The van der Waals surface area contributed by atoms with E-state index in [1.165, 1.54) is 6.07 Å². The summed E-state index contributed by atoms with van der Waals surface area (Å²) in [6, 6.07) is 11.3. The van der Waals surface area contributed by atoms with Gasteiger partial charge in [-0.15, -0.1) is 0 Å². The molecule has 1 aliphatic heterocycles. The van der Waals surface area contributed by atoms with Gasteiger partial charge in [-0.2, -0.15) is 0 Å². The normalized spacial score (nSPS) is 16.0. The van der Waals surface area contributed by atoms with E-state index in [-0.39, 0.29) is 31.0 Å². The van der Waals surface area contributed by atoms with Crippen molar-refractivity contribution in [1.29, 1.82) is 0 Å². The number of ether oxygens (including phenoxy) is 2. The number of rotatable bonds is 5. The standard InChI is InChI=1S/C19H17FN2O4/c20-14-4-2-1-3-12(14)10-21-17(23)19(7-8-19)18(24)22-13-5-6-15-16(9-13)26-11-25-15/h1-6,9H,7-8,10-11H2,(H,21,23)(H,22,24). The maximum atomic E-state index is 13.7. The average molecular weight is 356 g/mol. The Labute approximate surface area is 149 Å². The Hall–Kier alpha value is -3.09. The van der Waals surface area contributed by atoms with E-state index in [4.69, 9.17) is 9.47 Å². The van der Waals surface area contributed by atoms with E-state index in [1.807, 2.05) is 0 Å². The second kappa shape index (κ2) is 6.33. The Morgan fingerprint density at radius 3 is 2.58 bits per heavy atom. The third-order valence-corrected chi connectivity index (χ3v) is 4.65. The highest BCUT2D eigenvalue weighted by atomic mass is 19.1. The molecule has 0 spiro atoms. The molecule has 2 amide bonds. The molecule has 134 valence electrons. The van der Waals surface area contributed by atoms with Crippen LogP contribution in [0.4, 0.5) is 10.1 Å². The number of carbonyl (C=O) groups is 2. The minimum Gasteiger partial charge on any atom is -0.454 e. The van der Waals surface area contributed by atoms with Crippen molar-refractivity contribution in [3.8, 4) is 11.5 Å². The average Bonchev–Trinajstić information content (AvgIpc) is 3.33. The summed E-state index contributed by atoms with van der Waals surface area (Å²) in [5.74, 6) is 0.0206. The van der Waals surface area contributed by atoms with Crippen molar-refractivity contribution in [3.05, 3.63) is 53.8 Å². The Morgan fingerprint density at radius 2 is 1.81 bits per heavy atom. The van der Waals surface area contributed by atoms with Gasteiger partial charge in [0, 0.05) is 23.9 Å². The summed E-state index contributed by atoms with van der Waals surface area (Å²) in [6.07, 6.45) is 0.930. The number of amides is 2. The van der Waals surface area contributed by atoms with Gasteiger partial charge in [0.05, 0.1) is 0 Å². The number of anilines is 1. The van der Waals surface area contributed by atoms with Crippen LogP contribution in [0.5, 0.6) is 11.5 Å². The largest absolute Gasteiger partial charge is 0.454 e. The number of halogens is 1. The molecular weight excluding hydrogens is 339 g/mol. The second-order valence-electron chi connectivity index (χ2n) is 6.38. The van der Waals surface area contributed by atoms with E-state index in [0.717, 1.165) is 0 Å². The molecule has 0 atom stereocenters. The first-order valence-corrected chi connectivity index (χ1v) is 8.31. The Morgan fingerprint density at radius 1 is 1.04 bits per heavy atom. The van der Waals surface area contributed by atoms with Crippen molar-refractivity contribution >= 4 is 17.5 Å². The predicted molar refractivity (Wildman–Crippen MR) is 91.1 cm³/mol. The molecule has 4 rings (SSSR count). The summed E-state index contributed by atoms with van der Waals surface area (Å²) in [5.41, 5.74) is -0.179. The lowest BCUT2D eigenvalue weighted by molar-refractivity contribution is -0.134. The van der Waals surface area contributed by atoms with Crippen LogP contribution in [-0.2, 0) is 16.1 Å². The fraction of sp³-hybridized carbons (Fsp3) is 0.263. The molecule has 1 fully saturated rings. The molecule has 7 heteroatoms. The molecule has 1 aliphatic carbocycles. The van der Waals surface area contributed by atoms with E-state index < -0.39 is 5.41 Å². The summed E-state index contributed by atoms with van der Waals surface area (Å²) >= 11 is 0. The van der Waals surface area contributed by atoms with Crippen molar-refractivity contribution < 1.29 is 23.5 Å². The number of carbonyl (C=O) groups excluding carboxylic acids is 2. The summed E-state index contributed by atoms with van der Waals surface area (Å²) in [5, 5.41) is 5.42. The van der Waals surface area contributed by atoms with E-state index in [2.05, 4.69) is 10.6 Å². The van der Waals surface area contributed by atoms with Gasteiger partial charge in [-0.3, -0.25) is 9.59 Å². The van der Waals surface area contributed by atoms with Crippen molar-refractivity contribution in [1.82, 2.24) is 5.32 Å². The van der Waals surface area contributed by atoms with Crippen LogP contribution in [0.1, 0.15) is 18.4 Å². The molecule has 2 aromatic carbocycles. The Kier molecular flexibility index (Phi) is 3.99. The van der Waals surface area contributed by atoms with Crippen LogP contribution < -0.4 is 20.1 Å². The van der Waals surface area contributed by atoms with Crippen LogP contribution in [0.3, 0.4) is 0 Å². The predicted octanol–water partition coefficient (Wildman–Crippen LogP) is 2.59. The maximum absolute atomic E-state index is 13.7. The highest BCUT2D eigenvalue weighted by molar-refractivity contribution is 6.13. The highest BCUT2D eigenvalue weighted by Gasteiger charge is 2.56. The minimum atomic E-state index is -1.10. The SMILES string of the molecule is O=C(NCc1ccccc1F)C1(C(=O)Nc2ccc3c(c2)OCO3)CC1. The molecule has 26 heavy (non-hydrogen) atoms. The number of fused-ring (bicyclic) bond motifs is 1. The quantitative estimate of drug-likeness (QED) is 0.808. The van der Waals surface area contributed by atoms with Gasteiger partial charge in [0.1, 0.15) is 11.2 Å². The van der Waals surface area contributed by atoms with Gasteiger partial charge in [0.15, 0.2) is 11.5 Å². The maximum Gasteiger partial charge on any atom is 0.240 e. The zero-order valence-corrected chi connectivity index (χ0v) is 13.9. The first kappa shape index (κ1) is 16.4. The zero-order chi connectivity index (χ0) is 18.1. The van der Waals surface area contributed by atoms with Gasteiger partial charge in [-0.1, -0.05) is 18.2 Å². The minimum absolute atomic E-state index is 0.0462. The molecule has 2 N–H and O–H groups in total.